The van der Waals surface area contributed by atoms with Crippen molar-refractivity contribution in [3.63, 3.8) is 0 Å². The van der Waals surface area contributed by atoms with Crippen molar-refractivity contribution in [2.45, 2.75) is 208 Å². The van der Waals surface area contributed by atoms with Crippen molar-refractivity contribution in [2.24, 2.45) is 5.92 Å². The van der Waals surface area contributed by atoms with Gasteiger partial charge in [-0.1, -0.05) is 32.1 Å². The Morgan fingerprint density at radius 1 is 0.701 bits per heavy atom. The number of unbranched alkanes of at least 4 members (excludes halogenated alkanes) is 2. The molecule has 446 valence electrons. The second-order valence-corrected chi connectivity index (χ2v) is 22.6. The minimum atomic E-state index is -1.67. The van der Waals surface area contributed by atoms with Crippen molar-refractivity contribution in [1.82, 2.24) is 26.6 Å². The Morgan fingerprint density at radius 3 is 2.01 bits per heavy atom. The molecule has 26 heteroatoms. The molecule has 24 nitrogen and oxygen atoms in total. The highest BCUT2D eigenvalue weighted by Crippen LogP contribution is 2.33. The van der Waals surface area contributed by atoms with Gasteiger partial charge in [-0.15, -0.1) is 11.8 Å². The van der Waals surface area contributed by atoms with E-state index in [1.807, 2.05) is 0 Å². The highest BCUT2D eigenvalue weighted by atomic mass is 32.2. The molecule has 3 heterocycles. The van der Waals surface area contributed by atoms with Crippen LogP contribution in [0.1, 0.15) is 110 Å². The fourth-order valence-corrected chi connectivity index (χ4v) is 11.3. The zero-order chi connectivity index (χ0) is 56.3. The van der Waals surface area contributed by atoms with Crippen LogP contribution in [0.3, 0.4) is 0 Å². The molecule has 13 N–H and O–H groups in total. The summed E-state index contributed by atoms with van der Waals surface area (Å²) in [5, 5.41) is 97.0. The largest absolute Gasteiger partial charge is 0.394 e. The van der Waals surface area contributed by atoms with E-state index in [0.29, 0.717) is 69.7 Å². The summed E-state index contributed by atoms with van der Waals surface area (Å²) in [6.07, 6.45) is -6.80. The van der Waals surface area contributed by atoms with Gasteiger partial charge in [-0.25, -0.2) is 0 Å². The van der Waals surface area contributed by atoms with Crippen molar-refractivity contribution < 1.29 is 93.2 Å². The van der Waals surface area contributed by atoms with Crippen LogP contribution < -0.4 is 26.6 Å². The maximum atomic E-state index is 13.1. The van der Waals surface area contributed by atoms with Gasteiger partial charge in [0, 0.05) is 45.0 Å². The standard InChI is InChI=1S/C51H91N5O19S2/c1-30(59)34(14-7-9-19-54-41(63)29-77-27-33(60)25-57)56-49(69)35(52-3)15-8-10-20-53-40(62)28-76-23-11-16-39(61)55-24-37-47(75-50-45(67)44(66)42(64)31(2)72-50)36(18-22-70-37)73-51-46(68)48(43(65)38(26-58)74-51)71-21-17-32-12-5-4-6-13-32/h31-38,42-48,50-52,57-58,60,64-68H,4-29H2,1-3H3,(H,53,62)(H,54,63)(H,55,61)(H,56,69). The lowest BCUT2D eigenvalue weighted by molar-refractivity contribution is -0.354. The van der Waals surface area contributed by atoms with E-state index in [4.69, 9.17) is 33.5 Å². The van der Waals surface area contributed by atoms with Crippen LogP contribution in [0.25, 0.3) is 0 Å². The Labute approximate surface area is 461 Å². The summed E-state index contributed by atoms with van der Waals surface area (Å²) >= 11 is 2.59. The first-order valence-corrected chi connectivity index (χ1v) is 29.9. The molecule has 0 radical (unpaired) electrons. The molecule has 0 aromatic carbocycles. The van der Waals surface area contributed by atoms with Crippen LogP contribution >= 0.6 is 23.5 Å². The number of Topliss-reactive ketones (excluding diaryl/α,β-unsaturated/α-hetero) is 1. The minimum absolute atomic E-state index is 0.0771. The monoisotopic (exact) mass is 1140 g/mol. The van der Waals surface area contributed by atoms with Gasteiger partial charge in [-0.2, -0.15) is 11.8 Å². The van der Waals surface area contributed by atoms with Crippen LogP contribution in [0.5, 0.6) is 0 Å². The van der Waals surface area contributed by atoms with Gasteiger partial charge in [-0.3, -0.25) is 24.0 Å². The van der Waals surface area contributed by atoms with Gasteiger partial charge >= 0.3 is 0 Å². The summed E-state index contributed by atoms with van der Waals surface area (Å²) in [5.41, 5.74) is 0. The average molecular weight is 1140 g/mol. The number of carbonyl (C=O) groups excluding carboxylic acids is 5. The number of likely N-dealkylation sites (N-methyl/N-ethyl adjacent to an activating group) is 1. The molecule has 1 aliphatic carbocycles. The number of hydrogen-bond donors (Lipinski definition) is 13. The first-order valence-electron chi connectivity index (χ1n) is 27.6. The van der Waals surface area contributed by atoms with Gasteiger partial charge in [0.15, 0.2) is 18.4 Å². The molecule has 0 aromatic heterocycles. The van der Waals surface area contributed by atoms with Gasteiger partial charge in [0.25, 0.3) is 0 Å². The lowest BCUT2D eigenvalue weighted by Crippen LogP contribution is -2.63. The molecule has 4 rings (SSSR count). The third-order valence-electron chi connectivity index (χ3n) is 14.4. The van der Waals surface area contributed by atoms with Crippen LogP contribution in [-0.4, -0.2) is 244 Å². The Kier molecular flexibility index (Phi) is 32.2. The number of nitrogens with one attached hydrogen (secondary N) is 5. The van der Waals surface area contributed by atoms with E-state index in [9.17, 15) is 59.7 Å². The van der Waals surface area contributed by atoms with E-state index >= 15 is 0 Å². The number of ether oxygens (including phenoxy) is 6. The van der Waals surface area contributed by atoms with E-state index in [1.54, 1.807) is 7.05 Å². The van der Waals surface area contributed by atoms with E-state index in [0.717, 1.165) is 32.1 Å². The second kappa shape index (κ2) is 36.9. The molecule has 16 unspecified atom stereocenters. The molecule has 3 aliphatic heterocycles. The molecule has 16 atom stereocenters. The number of hydrogen-bond acceptors (Lipinski definition) is 22. The zero-order valence-corrected chi connectivity index (χ0v) is 46.7. The molecule has 3 saturated heterocycles. The van der Waals surface area contributed by atoms with E-state index in [1.165, 1.54) is 43.8 Å². The Morgan fingerprint density at radius 2 is 1.36 bits per heavy atom. The Hall–Kier alpha value is -2.35. The SMILES string of the molecule is CNC(CCCCNC(=O)CSCCCC(=O)NCC1OCCC(OC2OC(CO)C(O)C(OCCC3CCCCC3)C2O)C1OC1OC(C)C(O)C(O)C1O)C(=O)NC(CCCCNC(=O)CSCC(O)CO)C(C)=O. The lowest BCUT2D eigenvalue weighted by atomic mass is 9.87. The molecule has 4 amide bonds. The summed E-state index contributed by atoms with van der Waals surface area (Å²) in [4.78, 5) is 63.0. The predicted molar refractivity (Wildman–Crippen MR) is 284 cm³/mol. The van der Waals surface area contributed by atoms with Crippen LogP contribution in [-0.2, 0) is 52.4 Å². The van der Waals surface area contributed by atoms with E-state index < -0.39 is 105 Å². The Balaban J connectivity index is 1.16. The number of aliphatic hydroxyl groups is 8. The third kappa shape index (κ3) is 23.6. The molecule has 1 saturated carbocycles. The molecular weight excluding hydrogens is 1050 g/mol. The Bertz CT molecular complexity index is 1730. The number of thioether (sulfide) groups is 2. The molecule has 77 heavy (non-hydrogen) atoms. The normalized spacial score (nSPS) is 30.2. The summed E-state index contributed by atoms with van der Waals surface area (Å²) in [6, 6.07) is -1.21. The van der Waals surface area contributed by atoms with Crippen LogP contribution in [0.2, 0.25) is 0 Å². The molecule has 0 spiro atoms. The summed E-state index contributed by atoms with van der Waals surface area (Å²) < 4.78 is 36.3. The second-order valence-electron chi connectivity index (χ2n) is 20.5. The lowest BCUT2D eigenvalue weighted by Gasteiger charge is -2.47. The topological polar surface area (TPSA) is 363 Å². The van der Waals surface area contributed by atoms with Gasteiger partial charge in [-0.05, 0) is 90.4 Å². The predicted octanol–water partition coefficient (Wildman–Crippen LogP) is -1.88. The first kappa shape index (κ1) is 67.2. The highest BCUT2D eigenvalue weighted by Gasteiger charge is 2.50. The molecule has 0 bridgehead atoms. The number of ketones is 1. The van der Waals surface area contributed by atoms with E-state index in [2.05, 4.69) is 26.6 Å². The fraction of sp³-hybridized carbons (Fsp3) is 0.902. The van der Waals surface area contributed by atoms with Gasteiger partial charge in [0.05, 0.1) is 55.1 Å². The van der Waals surface area contributed by atoms with Crippen molar-refractivity contribution in [2.75, 3.05) is 76.1 Å². The summed E-state index contributed by atoms with van der Waals surface area (Å²) in [5.74, 6) is 0.454. The molecule has 4 aliphatic rings. The van der Waals surface area contributed by atoms with Crippen LogP contribution in [0.4, 0.5) is 0 Å². The van der Waals surface area contributed by atoms with Gasteiger partial charge in [0.2, 0.25) is 23.6 Å². The summed E-state index contributed by atoms with van der Waals surface area (Å²) in [6.45, 7) is 3.12. The number of carbonyl (C=O) groups is 5. The maximum absolute atomic E-state index is 13.1. The van der Waals surface area contributed by atoms with E-state index in [-0.39, 0.29) is 85.9 Å². The fourth-order valence-electron chi connectivity index (χ4n) is 9.70. The van der Waals surface area contributed by atoms with Gasteiger partial charge in [0.1, 0.15) is 54.9 Å². The zero-order valence-electron chi connectivity index (χ0n) is 45.1. The van der Waals surface area contributed by atoms with Crippen LogP contribution in [0.15, 0.2) is 0 Å². The van der Waals surface area contributed by atoms with Crippen LogP contribution in [0, 0.1) is 5.92 Å². The average Bonchev–Trinajstić information content (AvgIpc) is 3.41. The molecule has 0 aromatic rings. The van der Waals surface area contributed by atoms with Crippen molar-refractivity contribution in [3.05, 3.63) is 0 Å². The third-order valence-corrected chi connectivity index (χ3v) is 16.5. The molecular formula is C51H91N5O19S2. The van der Waals surface area contributed by atoms with Crippen molar-refractivity contribution in [3.8, 4) is 0 Å². The minimum Gasteiger partial charge on any atom is -0.394 e. The van der Waals surface area contributed by atoms with Crippen molar-refractivity contribution >= 4 is 52.9 Å². The highest BCUT2D eigenvalue weighted by molar-refractivity contribution is 8.00. The number of aliphatic hydroxyl groups excluding tert-OH is 8. The summed E-state index contributed by atoms with van der Waals surface area (Å²) in [7, 11) is 1.66. The number of amides is 4. The quantitative estimate of drug-likeness (QED) is 0.0305. The molecule has 4 fully saturated rings. The smallest absolute Gasteiger partial charge is 0.237 e. The maximum Gasteiger partial charge on any atom is 0.237 e. The van der Waals surface area contributed by atoms with Gasteiger partial charge < -0.3 is 95.9 Å². The van der Waals surface area contributed by atoms with Crippen molar-refractivity contribution in [1.29, 1.82) is 0 Å². The first-order chi connectivity index (χ1) is 37.0. The number of rotatable bonds is 36.